The van der Waals surface area contributed by atoms with Crippen molar-refractivity contribution >= 4 is 22.9 Å². The number of para-hydroxylation sites is 2. The Morgan fingerprint density at radius 1 is 1.35 bits per heavy atom. The fraction of sp³-hybridized carbons (Fsp3) is 0.333. The van der Waals surface area contributed by atoms with E-state index in [4.69, 9.17) is 4.74 Å². The Bertz CT molecular complexity index is 914. The number of nitrogens with zero attached hydrogens (tertiary/aromatic N) is 3. The molecule has 3 rings (SSSR count). The summed E-state index contributed by atoms with van der Waals surface area (Å²) in [7, 11) is 1.30. The van der Waals surface area contributed by atoms with Crippen LogP contribution in [0.4, 0.5) is 0 Å². The maximum atomic E-state index is 12.4. The van der Waals surface area contributed by atoms with Crippen molar-refractivity contribution in [2.24, 2.45) is 0 Å². The smallest absolute Gasteiger partial charge is 0.328 e. The number of imidazole rings is 1. The van der Waals surface area contributed by atoms with Gasteiger partial charge in [-0.1, -0.05) is 25.5 Å². The second-order valence-electron chi connectivity index (χ2n) is 5.98. The number of aromatic nitrogens is 4. The molecule has 8 heteroatoms. The summed E-state index contributed by atoms with van der Waals surface area (Å²) in [5.41, 5.74) is 2.91. The zero-order chi connectivity index (χ0) is 18.5. The van der Waals surface area contributed by atoms with E-state index in [-0.39, 0.29) is 5.69 Å². The Balaban J connectivity index is 1.70. The number of amides is 1. The van der Waals surface area contributed by atoms with E-state index < -0.39 is 17.9 Å². The standard InChI is InChI=1S/C18H21N5O3/c1-3-6-14(18(25)26-2)20-17(24)15-9-12(21-22-15)10-23-11-19-13-7-4-5-8-16(13)23/h4-5,7-9,11,14H,3,6,10H2,1-2H3,(H,20,24)(H,21,22)/t14-/m1/s1. The lowest BCUT2D eigenvalue weighted by molar-refractivity contribution is -0.143. The number of benzene rings is 1. The molecule has 1 atom stereocenters. The molecule has 1 aromatic carbocycles. The van der Waals surface area contributed by atoms with Crippen LogP contribution in [0.2, 0.25) is 0 Å². The van der Waals surface area contributed by atoms with Gasteiger partial charge >= 0.3 is 5.97 Å². The van der Waals surface area contributed by atoms with Gasteiger partial charge < -0.3 is 14.6 Å². The lowest BCUT2D eigenvalue weighted by Crippen LogP contribution is -2.41. The summed E-state index contributed by atoms with van der Waals surface area (Å²) in [6.45, 7) is 2.44. The van der Waals surface area contributed by atoms with Crippen molar-refractivity contribution < 1.29 is 14.3 Å². The van der Waals surface area contributed by atoms with Crippen LogP contribution in [0.5, 0.6) is 0 Å². The number of ether oxygens (including phenoxy) is 1. The SMILES string of the molecule is CCC[C@@H](NC(=O)c1cc(Cn2cnc3ccccc32)[nH]n1)C(=O)OC. The second-order valence-corrected chi connectivity index (χ2v) is 5.98. The predicted octanol–water partition coefficient (Wildman–Crippen LogP) is 1.88. The van der Waals surface area contributed by atoms with E-state index in [1.54, 1.807) is 12.4 Å². The summed E-state index contributed by atoms with van der Waals surface area (Å²) >= 11 is 0. The van der Waals surface area contributed by atoms with E-state index in [2.05, 4.69) is 20.5 Å². The van der Waals surface area contributed by atoms with Gasteiger partial charge in [0.1, 0.15) is 11.7 Å². The molecule has 3 aromatic rings. The third kappa shape index (κ3) is 3.74. The van der Waals surface area contributed by atoms with E-state index in [1.807, 2.05) is 35.8 Å². The van der Waals surface area contributed by atoms with Gasteiger partial charge in [0.25, 0.3) is 5.91 Å². The molecule has 0 unspecified atom stereocenters. The van der Waals surface area contributed by atoms with Crippen molar-refractivity contribution in [2.75, 3.05) is 7.11 Å². The van der Waals surface area contributed by atoms with E-state index in [0.29, 0.717) is 13.0 Å². The van der Waals surface area contributed by atoms with E-state index >= 15 is 0 Å². The Labute approximate surface area is 150 Å². The molecule has 0 aliphatic carbocycles. The number of esters is 1. The Hall–Kier alpha value is -3.16. The number of fused-ring (bicyclic) bond motifs is 1. The highest BCUT2D eigenvalue weighted by molar-refractivity contribution is 5.95. The lowest BCUT2D eigenvalue weighted by atomic mass is 10.1. The lowest BCUT2D eigenvalue weighted by Gasteiger charge is -2.14. The number of carbonyl (C=O) groups is 2. The van der Waals surface area contributed by atoms with Gasteiger partial charge in [0.05, 0.1) is 36.7 Å². The molecule has 0 radical (unpaired) electrons. The fourth-order valence-electron chi connectivity index (χ4n) is 2.79. The van der Waals surface area contributed by atoms with Crippen LogP contribution in [-0.2, 0) is 16.1 Å². The van der Waals surface area contributed by atoms with Crippen molar-refractivity contribution in [1.29, 1.82) is 0 Å². The van der Waals surface area contributed by atoms with Crippen molar-refractivity contribution in [1.82, 2.24) is 25.1 Å². The molecular weight excluding hydrogens is 334 g/mol. The quantitative estimate of drug-likeness (QED) is 0.630. The van der Waals surface area contributed by atoms with Crippen LogP contribution >= 0.6 is 0 Å². The monoisotopic (exact) mass is 355 g/mol. The maximum absolute atomic E-state index is 12.4. The van der Waals surface area contributed by atoms with Crippen LogP contribution in [0.15, 0.2) is 36.7 Å². The van der Waals surface area contributed by atoms with E-state index in [9.17, 15) is 9.59 Å². The molecule has 8 nitrogen and oxygen atoms in total. The zero-order valence-corrected chi connectivity index (χ0v) is 14.7. The molecule has 2 aromatic heterocycles. The second kappa shape index (κ2) is 7.81. The average molecular weight is 355 g/mol. The highest BCUT2D eigenvalue weighted by atomic mass is 16.5. The number of hydrogen-bond donors (Lipinski definition) is 2. The van der Waals surface area contributed by atoms with Gasteiger partial charge in [-0.2, -0.15) is 5.10 Å². The number of nitrogens with one attached hydrogen (secondary N) is 2. The molecule has 0 spiro atoms. The van der Waals surface area contributed by atoms with Crippen molar-refractivity contribution in [3.63, 3.8) is 0 Å². The number of aromatic amines is 1. The van der Waals surface area contributed by atoms with Crippen LogP contribution in [0, 0.1) is 0 Å². The van der Waals surface area contributed by atoms with Crippen LogP contribution in [0.3, 0.4) is 0 Å². The van der Waals surface area contributed by atoms with Gasteiger partial charge in [-0.05, 0) is 24.6 Å². The molecule has 1 amide bonds. The number of methoxy groups -OCH3 is 1. The van der Waals surface area contributed by atoms with Crippen molar-refractivity contribution in [3.05, 3.63) is 48.0 Å². The number of carbonyl (C=O) groups excluding carboxylic acids is 2. The third-order valence-electron chi connectivity index (χ3n) is 4.10. The first-order chi connectivity index (χ1) is 12.6. The summed E-state index contributed by atoms with van der Waals surface area (Å²) in [5, 5.41) is 9.59. The molecule has 0 saturated heterocycles. The molecular formula is C18H21N5O3. The number of H-pyrrole nitrogens is 1. The van der Waals surface area contributed by atoms with Gasteiger partial charge in [0.15, 0.2) is 0 Å². The molecule has 0 aliphatic heterocycles. The summed E-state index contributed by atoms with van der Waals surface area (Å²) in [6.07, 6.45) is 3.01. The number of hydrogen-bond acceptors (Lipinski definition) is 5. The van der Waals surface area contributed by atoms with Gasteiger partial charge in [0, 0.05) is 0 Å². The van der Waals surface area contributed by atoms with Crippen LogP contribution in [-0.4, -0.2) is 44.8 Å². The molecule has 136 valence electrons. The molecule has 2 N–H and O–H groups in total. The number of rotatable bonds is 7. The minimum Gasteiger partial charge on any atom is -0.467 e. The van der Waals surface area contributed by atoms with Crippen LogP contribution < -0.4 is 5.32 Å². The first kappa shape index (κ1) is 17.7. The van der Waals surface area contributed by atoms with Gasteiger partial charge in [0.2, 0.25) is 0 Å². The van der Waals surface area contributed by atoms with E-state index in [1.165, 1.54) is 7.11 Å². The minimum absolute atomic E-state index is 0.231. The first-order valence-corrected chi connectivity index (χ1v) is 8.45. The third-order valence-corrected chi connectivity index (χ3v) is 4.10. The van der Waals surface area contributed by atoms with Gasteiger partial charge in [-0.25, -0.2) is 9.78 Å². The van der Waals surface area contributed by atoms with Gasteiger partial charge in [-0.3, -0.25) is 9.89 Å². The topological polar surface area (TPSA) is 102 Å². The zero-order valence-electron chi connectivity index (χ0n) is 14.7. The van der Waals surface area contributed by atoms with Crippen LogP contribution in [0.1, 0.15) is 35.9 Å². The highest BCUT2D eigenvalue weighted by Crippen LogP contribution is 2.13. The Morgan fingerprint density at radius 2 is 2.15 bits per heavy atom. The molecule has 0 saturated carbocycles. The highest BCUT2D eigenvalue weighted by Gasteiger charge is 2.22. The Kier molecular flexibility index (Phi) is 5.31. The Morgan fingerprint density at radius 3 is 2.92 bits per heavy atom. The van der Waals surface area contributed by atoms with Crippen molar-refractivity contribution in [2.45, 2.75) is 32.4 Å². The molecule has 0 bridgehead atoms. The first-order valence-electron chi connectivity index (χ1n) is 8.45. The largest absolute Gasteiger partial charge is 0.467 e. The molecule has 2 heterocycles. The van der Waals surface area contributed by atoms with Crippen molar-refractivity contribution in [3.8, 4) is 0 Å². The molecule has 0 fully saturated rings. The summed E-state index contributed by atoms with van der Waals surface area (Å²) in [5.74, 6) is -0.868. The molecule has 26 heavy (non-hydrogen) atoms. The summed E-state index contributed by atoms with van der Waals surface area (Å²) in [4.78, 5) is 28.4. The summed E-state index contributed by atoms with van der Waals surface area (Å²) < 4.78 is 6.70. The summed E-state index contributed by atoms with van der Waals surface area (Å²) in [6, 6.07) is 8.82. The maximum Gasteiger partial charge on any atom is 0.328 e. The van der Waals surface area contributed by atoms with Crippen LogP contribution in [0.25, 0.3) is 11.0 Å². The average Bonchev–Trinajstić information content (AvgIpc) is 3.29. The minimum atomic E-state index is -0.671. The van der Waals surface area contributed by atoms with Gasteiger partial charge in [-0.15, -0.1) is 0 Å². The normalized spacial score (nSPS) is 12.1. The van der Waals surface area contributed by atoms with E-state index in [0.717, 1.165) is 23.1 Å². The molecule has 0 aliphatic rings. The fourth-order valence-corrected chi connectivity index (χ4v) is 2.79. The predicted molar refractivity (Wildman–Crippen MR) is 95.6 cm³/mol.